The number of hydrogen-bond acceptors (Lipinski definition) is 6. The quantitative estimate of drug-likeness (QED) is 0.791. The van der Waals surface area contributed by atoms with Gasteiger partial charge in [0.25, 0.3) is 0 Å². The minimum absolute atomic E-state index is 0.0993. The van der Waals surface area contributed by atoms with E-state index in [2.05, 4.69) is 4.98 Å². The van der Waals surface area contributed by atoms with Crippen LogP contribution in [0.4, 0.5) is 4.79 Å². The van der Waals surface area contributed by atoms with E-state index in [1.54, 1.807) is 24.0 Å². The van der Waals surface area contributed by atoms with E-state index >= 15 is 0 Å². The van der Waals surface area contributed by atoms with Crippen LogP contribution >= 0.6 is 0 Å². The fourth-order valence-corrected chi connectivity index (χ4v) is 1.96. The van der Waals surface area contributed by atoms with Gasteiger partial charge in [0.15, 0.2) is 0 Å². The average molecular weight is 322 g/mol. The minimum Gasteiger partial charge on any atom is -0.485 e. The van der Waals surface area contributed by atoms with Crippen LogP contribution < -0.4 is 4.74 Å². The lowest BCUT2D eigenvalue weighted by molar-refractivity contribution is -0.0222. The summed E-state index contributed by atoms with van der Waals surface area (Å²) in [5.74, 6) is 0.0886. The third-order valence-electron chi connectivity index (χ3n) is 3.02. The van der Waals surface area contributed by atoms with Gasteiger partial charge in [-0.25, -0.2) is 14.6 Å². The Balaban J connectivity index is 1.79. The van der Waals surface area contributed by atoms with Crippen molar-refractivity contribution in [1.82, 2.24) is 9.88 Å². The topological polar surface area (TPSA) is 78.0 Å². The second kappa shape index (κ2) is 6.85. The van der Waals surface area contributed by atoms with Gasteiger partial charge in [0.05, 0.1) is 25.9 Å². The molecule has 126 valence electrons. The number of hydrogen-bond donors (Lipinski definition) is 0. The van der Waals surface area contributed by atoms with Crippen molar-refractivity contribution in [3.63, 3.8) is 0 Å². The molecule has 2 rings (SSSR count). The van der Waals surface area contributed by atoms with E-state index in [-0.39, 0.29) is 17.9 Å². The van der Waals surface area contributed by atoms with Crippen LogP contribution in [0.1, 0.15) is 38.2 Å². The molecule has 0 unspecified atom stereocenters. The highest BCUT2D eigenvalue weighted by molar-refractivity contribution is 5.87. The standard InChI is InChI=1S/C16H22N2O5/c1-5-21-14(19)13-7-6-11(8-17-13)22-12-9-18(10-12)15(20)23-16(2,3)4/h6-8,12H,5,9-10H2,1-4H3. The number of pyridine rings is 1. The molecule has 0 saturated carbocycles. The maximum atomic E-state index is 11.8. The number of rotatable bonds is 4. The van der Waals surface area contributed by atoms with E-state index in [9.17, 15) is 9.59 Å². The van der Waals surface area contributed by atoms with E-state index in [1.807, 2.05) is 20.8 Å². The first-order chi connectivity index (χ1) is 10.8. The maximum absolute atomic E-state index is 11.8. The Morgan fingerprint density at radius 1 is 1.30 bits per heavy atom. The van der Waals surface area contributed by atoms with Gasteiger partial charge in [-0.05, 0) is 39.8 Å². The van der Waals surface area contributed by atoms with Crippen molar-refractivity contribution in [2.75, 3.05) is 19.7 Å². The van der Waals surface area contributed by atoms with Gasteiger partial charge in [0.2, 0.25) is 0 Å². The van der Waals surface area contributed by atoms with Crippen LogP contribution in [0, 0.1) is 0 Å². The summed E-state index contributed by atoms with van der Waals surface area (Å²) in [5.41, 5.74) is -0.265. The molecule has 1 aliphatic heterocycles. The van der Waals surface area contributed by atoms with Gasteiger partial charge in [0, 0.05) is 0 Å². The normalized spacial score (nSPS) is 14.9. The predicted molar refractivity (Wildman–Crippen MR) is 82.4 cm³/mol. The number of likely N-dealkylation sites (tertiary alicyclic amines) is 1. The van der Waals surface area contributed by atoms with E-state index in [0.29, 0.717) is 25.4 Å². The zero-order chi connectivity index (χ0) is 17.0. The van der Waals surface area contributed by atoms with Crippen molar-refractivity contribution >= 4 is 12.1 Å². The molecule has 1 aliphatic rings. The van der Waals surface area contributed by atoms with Crippen LogP contribution in [0.15, 0.2) is 18.3 Å². The molecule has 7 heteroatoms. The molecule has 2 heterocycles. The van der Waals surface area contributed by atoms with E-state index in [4.69, 9.17) is 14.2 Å². The molecule has 0 bridgehead atoms. The van der Waals surface area contributed by atoms with Crippen molar-refractivity contribution in [3.05, 3.63) is 24.0 Å². The SMILES string of the molecule is CCOC(=O)c1ccc(OC2CN(C(=O)OC(C)(C)C)C2)cn1. The number of ether oxygens (including phenoxy) is 3. The summed E-state index contributed by atoms with van der Waals surface area (Å²) in [4.78, 5) is 28.9. The van der Waals surface area contributed by atoms with E-state index in [1.165, 1.54) is 6.20 Å². The Morgan fingerprint density at radius 2 is 2.00 bits per heavy atom. The lowest BCUT2D eigenvalue weighted by Gasteiger charge is -2.39. The molecule has 0 N–H and O–H groups in total. The number of esters is 1. The summed E-state index contributed by atoms with van der Waals surface area (Å²) in [6, 6.07) is 3.22. The van der Waals surface area contributed by atoms with Crippen LogP contribution in [0.2, 0.25) is 0 Å². The number of amides is 1. The summed E-state index contributed by atoms with van der Waals surface area (Å²) in [5, 5.41) is 0. The third kappa shape index (κ3) is 4.84. The van der Waals surface area contributed by atoms with Crippen molar-refractivity contribution in [2.45, 2.75) is 39.4 Å². The number of carbonyl (C=O) groups is 2. The van der Waals surface area contributed by atoms with Crippen LogP contribution in [0.5, 0.6) is 5.75 Å². The van der Waals surface area contributed by atoms with Gasteiger partial charge < -0.3 is 19.1 Å². The molecule has 1 aromatic rings. The van der Waals surface area contributed by atoms with Gasteiger partial charge in [-0.2, -0.15) is 0 Å². The molecule has 0 radical (unpaired) electrons. The fourth-order valence-electron chi connectivity index (χ4n) is 1.96. The summed E-state index contributed by atoms with van der Waals surface area (Å²) < 4.78 is 15.8. The van der Waals surface area contributed by atoms with Gasteiger partial charge in [0.1, 0.15) is 23.1 Å². The highest BCUT2D eigenvalue weighted by Gasteiger charge is 2.35. The highest BCUT2D eigenvalue weighted by Crippen LogP contribution is 2.20. The average Bonchev–Trinajstić information content (AvgIpc) is 2.41. The first kappa shape index (κ1) is 17.1. The van der Waals surface area contributed by atoms with Crippen molar-refractivity contribution in [1.29, 1.82) is 0 Å². The first-order valence-electron chi connectivity index (χ1n) is 7.56. The second-order valence-corrected chi connectivity index (χ2v) is 6.22. The van der Waals surface area contributed by atoms with Crippen LogP contribution in [-0.4, -0.2) is 53.3 Å². The van der Waals surface area contributed by atoms with Gasteiger partial charge in [-0.1, -0.05) is 0 Å². The predicted octanol–water partition coefficient (Wildman–Crippen LogP) is 2.26. The van der Waals surface area contributed by atoms with Gasteiger partial charge >= 0.3 is 12.1 Å². The smallest absolute Gasteiger partial charge is 0.410 e. The molecular weight excluding hydrogens is 300 g/mol. The van der Waals surface area contributed by atoms with Crippen molar-refractivity contribution < 1.29 is 23.8 Å². The second-order valence-electron chi connectivity index (χ2n) is 6.22. The molecule has 0 aromatic carbocycles. The molecule has 1 fully saturated rings. The first-order valence-corrected chi connectivity index (χ1v) is 7.56. The molecule has 1 aromatic heterocycles. The zero-order valence-corrected chi connectivity index (χ0v) is 13.9. The highest BCUT2D eigenvalue weighted by atomic mass is 16.6. The van der Waals surface area contributed by atoms with Gasteiger partial charge in [-0.3, -0.25) is 0 Å². The third-order valence-corrected chi connectivity index (χ3v) is 3.02. The minimum atomic E-state index is -0.504. The molecule has 0 aliphatic carbocycles. The fraction of sp³-hybridized carbons (Fsp3) is 0.562. The Bertz CT molecular complexity index is 559. The number of nitrogens with zero attached hydrogens (tertiary/aromatic N) is 2. The zero-order valence-electron chi connectivity index (χ0n) is 13.9. The molecule has 0 spiro atoms. The maximum Gasteiger partial charge on any atom is 0.410 e. The monoisotopic (exact) mass is 322 g/mol. The number of aromatic nitrogens is 1. The summed E-state index contributed by atoms with van der Waals surface area (Å²) in [6.07, 6.45) is 1.04. The van der Waals surface area contributed by atoms with Gasteiger partial charge in [-0.15, -0.1) is 0 Å². The summed E-state index contributed by atoms with van der Waals surface area (Å²) in [6.45, 7) is 8.47. The van der Waals surface area contributed by atoms with Crippen LogP contribution in [0.3, 0.4) is 0 Å². The Labute approximate surface area is 135 Å². The van der Waals surface area contributed by atoms with Crippen LogP contribution in [-0.2, 0) is 9.47 Å². The molecule has 1 amide bonds. The number of carbonyl (C=O) groups excluding carboxylic acids is 2. The van der Waals surface area contributed by atoms with Crippen molar-refractivity contribution in [2.24, 2.45) is 0 Å². The molecule has 1 saturated heterocycles. The summed E-state index contributed by atoms with van der Waals surface area (Å²) >= 11 is 0. The molecule has 7 nitrogen and oxygen atoms in total. The lowest BCUT2D eigenvalue weighted by atomic mass is 10.1. The lowest BCUT2D eigenvalue weighted by Crippen LogP contribution is -2.57. The molecule has 0 atom stereocenters. The Morgan fingerprint density at radius 3 is 2.52 bits per heavy atom. The van der Waals surface area contributed by atoms with Crippen molar-refractivity contribution in [3.8, 4) is 5.75 Å². The Kier molecular flexibility index (Phi) is 5.08. The molecule has 23 heavy (non-hydrogen) atoms. The van der Waals surface area contributed by atoms with Crippen LogP contribution in [0.25, 0.3) is 0 Å². The largest absolute Gasteiger partial charge is 0.485 e. The van der Waals surface area contributed by atoms with E-state index < -0.39 is 11.6 Å². The van der Waals surface area contributed by atoms with E-state index in [0.717, 1.165) is 0 Å². The Hall–Kier alpha value is -2.31. The molecular formula is C16H22N2O5. The summed E-state index contributed by atoms with van der Waals surface area (Å²) in [7, 11) is 0.